The SMILES string of the molecule is c1ccc2[nH]c(Nc3ccc4c(c3)OCO4)nc2c1. The standard InChI is InChI=1S/C14H11N3O2/c1-2-4-11-10(3-1)16-14(17-11)15-9-5-6-12-13(7-9)19-8-18-12/h1-7H,8H2,(H2,15,16,17). The fourth-order valence-electron chi connectivity index (χ4n) is 2.12. The quantitative estimate of drug-likeness (QED) is 0.737. The van der Waals surface area contributed by atoms with Crippen molar-refractivity contribution in [2.24, 2.45) is 0 Å². The van der Waals surface area contributed by atoms with Gasteiger partial charge in [0.05, 0.1) is 11.0 Å². The molecule has 1 aliphatic rings. The van der Waals surface area contributed by atoms with Crippen LogP contribution in [0, 0.1) is 0 Å². The second-order valence-electron chi connectivity index (χ2n) is 4.30. The molecule has 2 N–H and O–H groups in total. The zero-order chi connectivity index (χ0) is 12.7. The summed E-state index contributed by atoms with van der Waals surface area (Å²) in [6.45, 7) is 0.281. The van der Waals surface area contributed by atoms with E-state index in [0.29, 0.717) is 5.95 Å². The summed E-state index contributed by atoms with van der Waals surface area (Å²) < 4.78 is 10.6. The van der Waals surface area contributed by atoms with Gasteiger partial charge < -0.3 is 19.8 Å². The maximum absolute atomic E-state index is 5.34. The van der Waals surface area contributed by atoms with E-state index in [0.717, 1.165) is 28.2 Å². The number of anilines is 2. The van der Waals surface area contributed by atoms with Crippen molar-refractivity contribution in [2.45, 2.75) is 0 Å². The summed E-state index contributed by atoms with van der Waals surface area (Å²) in [5.41, 5.74) is 2.85. The molecular formula is C14H11N3O2. The van der Waals surface area contributed by atoms with Gasteiger partial charge in [0.2, 0.25) is 12.7 Å². The number of hydrogen-bond donors (Lipinski definition) is 2. The van der Waals surface area contributed by atoms with Crippen molar-refractivity contribution >= 4 is 22.7 Å². The predicted octanol–water partition coefficient (Wildman–Crippen LogP) is 3.04. The first kappa shape index (κ1) is 10.3. The molecule has 94 valence electrons. The summed E-state index contributed by atoms with van der Waals surface area (Å²) in [6.07, 6.45) is 0. The minimum absolute atomic E-state index is 0.281. The van der Waals surface area contributed by atoms with Gasteiger partial charge in [-0.2, -0.15) is 0 Å². The number of hydrogen-bond acceptors (Lipinski definition) is 4. The molecule has 0 saturated heterocycles. The Balaban J connectivity index is 1.67. The molecular weight excluding hydrogens is 242 g/mol. The Hall–Kier alpha value is -2.69. The number of ether oxygens (including phenoxy) is 2. The average molecular weight is 253 g/mol. The summed E-state index contributed by atoms with van der Waals surface area (Å²) in [4.78, 5) is 7.68. The molecule has 0 atom stereocenters. The number of rotatable bonds is 2. The van der Waals surface area contributed by atoms with E-state index in [9.17, 15) is 0 Å². The number of fused-ring (bicyclic) bond motifs is 2. The molecule has 4 rings (SSSR count). The highest BCUT2D eigenvalue weighted by molar-refractivity contribution is 5.78. The Morgan fingerprint density at radius 1 is 1.05 bits per heavy atom. The van der Waals surface area contributed by atoms with Crippen molar-refractivity contribution in [3.05, 3.63) is 42.5 Å². The van der Waals surface area contributed by atoms with Crippen molar-refractivity contribution in [3.8, 4) is 11.5 Å². The first-order chi connectivity index (χ1) is 9.38. The lowest BCUT2D eigenvalue weighted by Gasteiger charge is -2.03. The third kappa shape index (κ3) is 1.76. The molecule has 2 aromatic carbocycles. The van der Waals surface area contributed by atoms with E-state index in [-0.39, 0.29) is 6.79 Å². The highest BCUT2D eigenvalue weighted by Gasteiger charge is 2.13. The van der Waals surface area contributed by atoms with E-state index < -0.39 is 0 Å². The van der Waals surface area contributed by atoms with Crippen LogP contribution in [0.4, 0.5) is 11.6 Å². The van der Waals surface area contributed by atoms with Crippen LogP contribution in [0.2, 0.25) is 0 Å². The van der Waals surface area contributed by atoms with E-state index >= 15 is 0 Å². The lowest BCUT2D eigenvalue weighted by Crippen LogP contribution is -1.93. The highest BCUT2D eigenvalue weighted by Crippen LogP contribution is 2.34. The Kier molecular flexibility index (Phi) is 2.11. The second-order valence-corrected chi connectivity index (χ2v) is 4.30. The summed E-state index contributed by atoms with van der Waals surface area (Å²) in [7, 11) is 0. The summed E-state index contributed by atoms with van der Waals surface area (Å²) in [6, 6.07) is 13.6. The van der Waals surface area contributed by atoms with Gasteiger partial charge in [0.15, 0.2) is 11.5 Å². The molecule has 0 radical (unpaired) electrons. The fraction of sp³-hybridized carbons (Fsp3) is 0.0714. The van der Waals surface area contributed by atoms with Crippen LogP contribution in [0.5, 0.6) is 11.5 Å². The predicted molar refractivity (Wildman–Crippen MR) is 71.9 cm³/mol. The summed E-state index contributed by atoms with van der Waals surface area (Å²) in [5.74, 6) is 2.23. The van der Waals surface area contributed by atoms with Gasteiger partial charge in [-0.15, -0.1) is 0 Å². The molecule has 0 aliphatic carbocycles. The Morgan fingerprint density at radius 3 is 2.89 bits per heavy atom. The van der Waals surface area contributed by atoms with Crippen molar-refractivity contribution in [1.82, 2.24) is 9.97 Å². The van der Waals surface area contributed by atoms with Gasteiger partial charge in [-0.1, -0.05) is 12.1 Å². The number of para-hydroxylation sites is 2. The van der Waals surface area contributed by atoms with Gasteiger partial charge in [-0.25, -0.2) is 4.98 Å². The number of aromatic nitrogens is 2. The minimum atomic E-state index is 0.281. The fourth-order valence-corrected chi connectivity index (χ4v) is 2.12. The molecule has 19 heavy (non-hydrogen) atoms. The van der Waals surface area contributed by atoms with Crippen LogP contribution in [-0.2, 0) is 0 Å². The smallest absolute Gasteiger partial charge is 0.231 e. The number of H-pyrrole nitrogens is 1. The Bertz CT molecular complexity index is 718. The van der Waals surface area contributed by atoms with E-state index in [1.165, 1.54) is 0 Å². The molecule has 0 fully saturated rings. The normalized spacial score (nSPS) is 12.8. The monoisotopic (exact) mass is 253 g/mol. The van der Waals surface area contributed by atoms with Gasteiger partial charge in [0.1, 0.15) is 0 Å². The average Bonchev–Trinajstić information content (AvgIpc) is 3.03. The largest absolute Gasteiger partial charge is 0.454 e. The van der Waals surface area contributed by atoms with Gasteiger partial charge >= 0.3 is 0 Å². The van der Waals surface area contributed by atoms with Gasteiger partial charge in [0, 0.05) is 11.8 Å². The topological polar surface area (TPSA) is 59.2 Å². The molecule has 5 nitrogen and oxygen atoms in total. The third-order valence-electron chi connectivity index (χ3n) is 3.02. The van der Waals surface area contributed by atoms with E-state index in [1.807, 2.05) is 42.5 Å². The third-order valence-corrected chi connectivity index (χ3v) is 3.02. The molecule has 0 amide bonds. The van der Waals surface area contributed by atoms with E-state index in [1.54, 1.807) is 0 Å². The molecule has 3 aromatic rings. The molecule has 5 heteroatoms. The highest BCUT2D eigenvalue weighted by atomic mass is 16.7. The van der Waals surface area contributed by atoms with Crippen molar-refractivity contribution < 1.29 is 9.47 Å². The van der Waals surface area contributed by atoms with Gasteiger partial charge in [-0.05, 0) is 24.3 Å². The Labute approximate surface area is 109 Å². The first-order valence-corrected chi connectivity index (χ1v) is 6.00. The lowest BCUT2D eigenvalue weighted by molar-refractivity contribution is 0.174. The summed E-state index contributed by atoms with van der Waals surface area (Å²) in [5, 5.41) is 3.22. The van der Waals surface area contributed by atoms with Gasteiger partial charge in [-0.3, -0.25) is 0 Å². The first-order valence-electron chi connectivity index (χ1n) is 6.00. The zero-order valence-electron chi connectivity index (χ0n) is 10.0. The Morgan fingerprint density at radius 2 is 1.95 bits per heavy atom. The molecule has 0 unspecified atom stereocenters. The number of benzene rings is 2. The number of nitrogens with one attached hydrogen (secondary N) is 2. The zero-order valence-corrected chi connectivity index (χ0v) is 10.0. The van der Waals surface area contributed by atoms with Crippen molar-refractivity contribution in [2.75, 3.05) is 12.1 Å². The molecule has 1 aromatic heterocycles. The molecule has 0 bridgehead atoms. The minimum Gasteiger partial charge on any atom is -0.454 e. The van der Waals surface area contributed by atoms with E-state index in [4.69, 9.17) is 9.47 Å². The van der Waals surface area contributed by atoms with Gasteiger partial charge in [0.25, 0.3) is 0 Å². The van der Waals surface area contributed by atoms with Crippen LogP contribution < -0.4 is 14.8 Å². The maximum Gasteiger partial charge on any atom is 0.231 e. The summed E-state index contributed by atoms with van der Waals surface area (Å²) >= 11 is 0. The van der Waals surface area contributed by atoms with Crippen LogP contribution >= 0.6 is 0 Å². The lowest BCUT2D eigenvalue weighted by atomic mass is 10.3. The number of aromatic amines is 1. The van der Waals surface area contributed by atoms with Crippen LogP contribution in [0.1, 0.15) is 0 Å². The number of nitrogens with zero attached hydrogens (tertiary/aromatic N) is 1. The molecule has 1 aliphatic heterocycles. The van der Waals surface area contributed by atoms with Crippen LogP contribution in [0.3, 0.4) is 0 Å². The van der Waals surface area contributed by atoms with Crippen LogP contribution in [0.15, 0.2) is 42.5 Å². The number of imidazole rings is 1. The van der Waals surface area contributed by atoms with Crippen LogP contribution in [0.25, 0.3) is 11.0 Å². The molecule has 2 heterocycles. The van der Waals surface area contributed by atoms with Crippen LogP contribution in [-0.4, -0.2) is 16.8 Å². The molecule has 0 spiro atoms. The second kappa shape index (κ2) is 3.91. The molecule has 0 saturated carbocycles. The van der Waals surface area contributed by atoms with Crippen molar-refractivity contribution in [3.63, 3.8) is 0 Å². The van der Waals surface area contributed by atoms with E-state index in [2.05, 4.69) is 15.3 Å². The van der Waals surface area contributed by atoms with Crippen molar-refractivity contribution in [1.29, 1.82) is 0 Å². The maximum atomic E-state index is 5.34.